The monoisotopic (exact) mass is 436 g/mol. The zero-order valence-corrected chi connectivity index (χ0v) is 20.9. The Hall–Kier alpha value is -1.18. The summed E-state index contributed by atoms with van der Waals surface area (Å²) in [6, 6.07) is 7.87. The summed E-state index contributed by atoms with van der Waals surface area (Å²) in [5.74, 6) is 1.01. The summed E-state index contributed by atoms with van der Waals surface area (Å²) < 4.78 is 23.5. The van der Waals surface area contributed by atoms with Gasteiger partial charge in [0.1, 0.15) is 5.75 Å². The summed E-state index contributed by atoms with van der Waals surface area (Å²) in [4.78, 5) is 0. The molecule has 1 aliphatic rings. The molecule has 0 bridgehead atoms. The fraction of sp³-hybridized carbons (Fsp3) is 0.667. The standard InChI is InChI=1S/C24H40O5Si/c1-17(13-14-27-16-19-9-11-20(26-6)12-10-19)23-18(2)21(15-22(25)28-23)29-30(7,8)24(3,4)5/h9-13,18,21-23,25H,14-16H2,1-8H3/b17-13+/t18-,21-,22?,23-/m0/s1. The van der Waals surface area contributed by atoms with Crippen molar-refractivity contribution in [3.8, 4) is 5.75 Å². The number of methoxy groups -OCH3 is 1. The molecule has 0 aliphatic carbocycles. The minimum absolute atomic E-state index is 0.0109. The van der Waals surface area contributed by atoms with E-state index in [1.807, 2.05) is 37.3 Å². The van der Waals surface area contributed by atoms with Crippen LogP contribution in [0, 0.1) is 5.92 Å². The topological polar surface area (TPSA) is 57.2 Å². The molecule has 1 saturated heterocycles. The molecule has 4 atom stereocenters. The lowest BCUT2D eigenvalue weighted by atomic mass is 9.88. The maximum atomic E-state index is 10.3. The first-order chi connectivity index (χ1) is 13.9. The van der Waals surface area contributed by atoms with Gasteiger partial charge in [-0.2, -0.15) is 0 Å². The van der Waals surface area contributed by atoms with Crippen LogP contribution in [0.3, 0.4) is 0 Å². The van der Waals surface area contributed by atoms with E-state index in [0.717, 1.165) is 16.9 Å². The van der Waals surface area contributed by atoms with Crippen molar-refractivity contribution in [2.45, 2.75) is 84.3 Å². The van der Waals surface area contributed by atoms with Gasteiger partial charge < -0.3 is 23.7 Å². The second-order valence-corrected chi connectivity index (χ2v) is 14.6. The summed E-state index contributed by atoms with van der Waals surface area (Å²) in [6.45, 7) is 16.5. The third-order valence-electron chi connectivity index (χ3n) is 6.45. The van der Waals surface area contributed by atoms with Crippen LogP contribution in [-0.2, 0) is 20.5 Å². The smallest absolute Gasteiger partial charge is 0.192 e. The second kappa shape index (κ2) is 10.4. The Kier molecular flexibility index (Phi) is 8.71. The number of ether oxygens (including phenoxy) is 3. The molecule has 1 N–H and O–H groups in total. The molecular formula is C24H40O5Si. The molecule has 2 rings (SSSR count). The van der Waals surface area contributed by atoms with Crippen LogP contribution in [-0.4, -0.2) is 45.6 Å². The quantitative estimate of drug-likeness (QED) is 0.341. The van der Waals surface area contributed by atoms with E-state index < -0.39 is 14.6 Å². The molecule has 30 heavy (non-hydrogen) atoms. The Balaban J connectivity index is 1.95. The van der Waals surface area contributed by atoms with Crippen molar-refractivity contribution in [2.75, 3.05) is 13.7 Å². The van der Waals surface area contributed by atoms with Gasteiger partial charge in [-0.3, -0.25) is 0 Å². The van der Waals surface area contributed by atoms with Crippen molar-refractivity contribution in [1.82, 2.24) is 0 Å². The van der Waals surface area contributed by atoms with E-state index in [9.17, 15) is 5.11 Å². The Morgan fingerprint density at radius 1 is 1.23 bits per heavy atom. The first kappa shape index (κ1) is 25.1. The summed E-state index contributed by atoms with van der Waals surface area (Å²) in [5, 5.41) is 10.5. The van der Waals surface area contributed by atoms with Gasteiger partial charge in [0.2, 0.25) is 0 Å². The van der Waals surface area contributed by atoms with Gasteiger partial charge in [-0.25, -0.2) is 0 Å². The van der Waals surface area contributed by atoms with Crippen LogP contribution in [0.25, 0.3) is 0 Å². The van der Waals surface area contributed by atoms with E-state index >= 15 is 0 Å². The highest BCUT2D eigenvalue weighted by atomic mass is 28.4. The van der Waals surface area contributed by atoms with Crippen LogP contribution in [0.2, 0.25) is 18.1 Å². The van der Waals surface area contributed by atoms with Gasteiger partial charge in [0.25, 0.3) is 0 Å². The van der Waals surface area contributed by atoms with E-state index in [1.54, 1.807) is 7.11 Å². The lowest BCUT2D eigenvalue weighted by molar-refractivity contribution is -0.197. The molecule has 1 aromatic carbocycles. The zero-order valence-electron chi connectivity index (χ0n) is 19.9. The van der Waals surface area contributed by atoms with Crippen LogP contribution in [0.5, 0.6) is 5.75 Å². The number of hydrogen-bond donors (Lipinski definition) is 1. The number of aliphatic hydroxyl groups excluding tert-OH is 1. The van der Waals surface area contributed by atoms with Crippen molar-refractivity contribution in [2.24, 2.45) is 5.92 Å². The third kappa shape index (κ3) is 6.66. The van der Waals surface area contributed by atoms with Gasteiger partial charge >= 0.3 is 0 Å². The highest BCUT2D eigenvalue weighted by Crippen LogP contribution is 2.41. The molecule has 0 amide bonds. The molecule has 0 saturated carbocycles. The van der Waals surface area contributed by atoms with Crippen molar-refractivity contribution in [1.29, 1.82) is 0 Å². The van der Waals surface area contributed by atoms with Gasteiger partial charge in [-0.15, -0.1) is 0 Å². The molecule has 170 valence electrons. The second-order valence-electron chi connectivity index (χ2n) is 9.83. The molecule has 0 spiro atoms. The predicted octanol–water partition coefficient (Wildman–Crippen LogP) is 5.29. The zero-order chi connectivity index (χ0) is 22.5. The molecule has 1 aromatic rings. The largest absolute Gasteiger partial charge is 0.497 e. The highest BCUT2D eigenvalue weighted by molar-refractivity contribution is 6.74. The average molecular weight is 437 g/mol. The maximum Gasteiger partial charge on any atom is 0.192 e. The van der Waals surface area contributed by atoms with E-state index in [0.29, 0.717) is 19.6 Å². The van der Waals surface area contributed by atoms with Crippen molar-refractivity contribution in [3.63, 3.8) is 0 Å². The minimum atomic E-state index is -1.92. The molecule has 0 aromatic heterocycles. The molecule has 6 heteroatoms. The summed E-state index contributed by atoms with van der Waals surface area (Å²) in [5.41, 5.74) is 2.17. The summed E-state index contributed by atoms with van der Waals surface area (Å²) >= 11 is 0. The Morgan fingerprint density at radius 2 is 1.87 bits per heavy atom. The summed E-state index contributed by atoms with van der Waals surface area (Å²) in [6.07, 6.45) is 1.58. The predicted molar refractivity (Wildman–Crippen MR) is 123 cm³/mol. The fourth-order valence-corrected chi connectivity index (χ4v) is 4.82. The van der Waals surface area contributed by atoms with Crippen molar-refractivity contribution < 1.29 is 23.7 Å². The molecule has 1 unspecified atom stereocenters. The molecule has 0 radical (unpaired) electrons. The van der Waals surface area contributed by atoms with Gasteiger partial charge in [0.15, 0.2) is 14.6 Å². The normalized spacial score (nSPS) is 26.0. The van der Waals surface area contributed by atoms with Gasteiger partial charge in [-0.1, -0.05) is 45.9 Å². The van der Waals surface area contributed by atoms with E-state index in [-0.39, 0.29) is 23.2 Å². The number of rotatable bonds is 8. The third-order valence-corrected chi connectivity index (χ3v) is 11.0. The van der Waals surface area contributed by atoms with Gasteiger partial charge in [-0.05, 0) is 48.3 Å². The van der Waals surface area contributed by atoms with Crippen LogP contribution in [0.4, 0.5) is 0 Å². The first-order valence-corrected chi connectivity index (χ1v) is 13.7. The maximum absolute atomic E-state index is 10.3. The number of aliphatic hydroxyl groups is 1. The van der Waals surface area contributed by atoms with E-state index in [4.69, 9.17) is 18.6 Å². The van der Waals surface area contributed by atoms with Gasteiger partial charge in [0, 0.05) is 12.3 Å². The Bertz CT molecular complexity index is 693. The molecule has 1 aliphatic heterocycles. The molecular weight excluding hydrogens is 396 g/mol. The van der Waals surface area contributed by atoms with E-state index in [1.165, 1.54) is 0 Å². The van der Waals surface area contributed by atoms with Crippen LogP contribution >= 0.6 is 0 Å². The Morgan fingerprint density at radius 3 is 2.43 bits per heavy atom. The van der Waals surface area contributed by atoms with Crippen molar-refractivity contribution in [3.05, 3.63) is 41.5 Å². The van der Waals surface area contributed by atoms with E-state index in [2.05, 4.69) is 40.8 Å². The van der Waals surface area contributed by atoms with Crippen LogP contribution in [0.15, 0.2) is 35.9 Å². The first-order valence-electron chi connectivity index (χ1n) is 10.8. The SMILES string of the molecule is COc1ccc(COC/C=C(\C)[C@@H]2OC(O)C[C@H](O[Si](C)(C)C(C)(C)C)[C@@H]2C)cc1. The van der Waals surface area contributed by atoms with Crippen LogP contribution in [0.1, 0.15) is 46.6 Å². The highest BCUT2D eigenvalue weighted by Gasteiger charge is 2.44. The Labute approximate surface area is 183 Å². The molecule has 1 heterocycles. The summed E-state index contributed by atoms with van der Waals surface area (Å²) in [7, 11) is -0.264. The van der Waals surface area contributed by atoms with Crippen LogP contribution < -0.4 is 4.74 Å². The number of benzene rings is 1. The lowest BCUT2D eigenvalue weighted by Crippen LogP contribution is -2.51. The average Bonchev–Trinajstić information content (AvgIpc) is 2.67. The molecule has 5 nitrogen and oxygen atoms in total. The minimum Gasteiger partial charge on any atom is -0.497 e. The molecule has 1 fully saturated rings. The van der Waals surface area contributed by atoms with Gasteiger partial charge in [0.05, 0.1) is 32.5 Å². The van der Waals surface area contributed by atoms with Crippen molar-refractivity contribution >= 4 is 8.32 Å². The number of hydrogen-bond acceptors (Lipinski definition) is 5. The lowest BCUT2D eigenvalue weighted by Gasteiger charge is -2.45. The fourth-order valence-electron chi connectivity index (χ4n) is 3.39.